The lowest BCUT2D eigenvalue weighted by Crippen LogP contribution is -2.17. The number of aromatic nitrogens is 4. The number of rotatable bonds is 6. The van der Waals surface area contributed by atoms with Gasteiger partial charge in [0.05, 0.1) is 19.1 Å². The molecular weight excluding hydrogens is 389 g/mol. The van der Waals surface area contributed by atoms with E-state index in [0.717, 1.165) is 0 Å². The fourth-order valence-corrected chi connectivity index (χ4v) is 5.38. The predicted molar refractivity (Wildman–Crippen MR) is 96.6 cm³/mol. The number of anilines is 1. The monoisotopic (exact) mass is 407 g/mol. The van der Waals surface area contributed by atoms with E-state index < -0.39 is 7.60 Å². The molecule has 1 aliphatic heterocycles. The van der Waals surface area contributed by atoms with Gasteiger partial charge in [0.2, 0.25) is 5.95 Å². The first-order valence-electron chi connectivity index (χ1n) is 7.73. The van der Waals surface area contributed by atoms with Crippen molar-refractivity contribution >= 4 is 48.1 Å². The van der Waals surface area contributed by atoms with E-state index in [2.05, 4.69) is 15.0 Å². The molecule has 2 aromatic heterocycles. The van der Waals surface area contributed by atoms with Crippen molar-refractivity contribution in [1.29, 1.82) is 0 Å². The van der Waals surface area contributed by atoms with Gasteiger partial charge in [-0.2, -0.15) is 9.97 Å². The molecular formula is C13H19ClN5O4PS. The summed E-state index contributed by atoms with van der Waals surface area (Å²) in [6.45, 7) is 3.90. The summed E-state index contributed by atoms with van der Waals surface area (Å²) in [6.07, 6.45) is 1.70. The summed E-state index contributed by atoms with van der Waals surface area (Å²) in [5.74, 6) is 0.0621. The minimum atomic E-state index is -3.56. The van der Waals surface area contributed by atoms with E-state index in [9.17, 15) is 9.46 Å². The first-order valence-corrected chi connectivity index (χ1v) is 10.8. The first kappa shape index (κ1) is 18.9. The lowest BCUT2D eigenvalue weighted by molar-refractivity contribution is 0.00762. The standard InChI is InChI=1S/C13H19ClN5O4PS/c1-3-22-24(20,21)5-4-8-23-12(7(2)25-8)19-6-16-9-10(14)17-13(15)18-11(9)19/h6-8,12H,3-5H2,1-2H3,(H,20,21)(H2,15,17,18)/t7-,8+,12-/m1/s1. The minimum Gasteiger partial charge on any atom is -0.368 e. The Morgan fingerprint density at radius 3 is 3.04 bits per heavy atom. The van der Waals surface area contributed by atoms with E-state index in [-0.39, 0.29) is 40.8 Å². The highest BCUT2D eigenvalue weighted by Crippen LogP contribution is 2.47. The van der Waals surface area contributed by atoms with Crippen LogP contribution in [0.3, 0.4) is 0 Å². The van der Waals surface area contributed by atoms with Gasteiger partial charge in [0.15, 0.2) is 10.8 Å². The quantitative estimate of drug-likeness (QED) is 0.548. The minimum absolute atomic E-state index is 0.0452. The van der Waals surface area contributed by atoms with Crippen LogP contribution >= 0.6 is 31.0 Å². The van der Waals surface area contributed by atoms with Gasteiger partial charge in [-0.05, 0) is 20.3 Å². The molecule has 1 fully saturated rings. The number of nitrogens with zero attached hydrogens (tertiary/aromatic N) is 4. The van der Waals surface area contributed by atoms with Crippen molar-refractivity contribution in [3.63, 3.8) is 0 Å². The van der Waals surface area contributed by atoms with Crippen molar-refractivity contribution in [1.82, 2.24) is 19.5 Å². The number of hydrogen-bond acceptors (Lipinski definition) is 8. The van der Waals surface area contributed by atoms with Crippen molar-refractivity contribution in [3.8, 4) is 0 Å². The summed E-state index contributed by atoms with van der Waals surface area (Å²) < 4.78 is 24.5. The maximum absolute atomic E-state index is 11.8. The molecule has 9 nitrogen and oxygen atoms in total. The van der Waals surface area contributed by atoms with E-state index in [1.807, 2.05) is 6.92 Å². The molecule has 3 N–H and O–H groups in total. The zero-order valence-corrected chi connectivity index (χ0v) is 16.2. The molecule has 2 aromatic rings. The number of hydrogen-bond donors (Lipinski definition) is 2. The molecule has 3 heterocycles. The van der Waals surface area contributed by atoms with Gasteiger partial charge in [0.25, 0.3) is 0 Å². The van der Waals surface area contributed by atoms with Crippen LogP contribution < -0.4 is 5.73 Å². The second-order valence-electron chi connectivity index (χ2n) is 5.56. The molecule has 0 aromatic carbocycles. The molecule has 4 atom stereocenters. The largest absolute Gasteiger partial charge is 0.368 e. The Hall–Kier alpha value is -0.900. The maximum Gasteiger partial charge on any atom is 0.328 e. The van der Waals surface area contributed by atoms with Crippen molar-refractivity contribution in [2.24, 2.45) is 0 Å². The number of halogens is 1. The van der Waals surface area contributed by atoms with Crippen molar-refractivity contribution in [3.05, 3.63) is 11.5 Å². The molecule has 1 saturated heterocycles. The van der Waals surface area contributed by atoms with E-state index in [4.69, 9.17) is 26.6 Å². The number of thioether (sulfide) groups is 1. The van der Waals surface area contributed by atoms with Crippen LogP contribution in [0.15, 0.2) is 6.33 Å². The summed E-state index contributed by atoms with van der Waals surface area (Å²) in [7, 11) is -3.56. The van der Waals surface area contributed by atoms with Crippen LogP contribution in [-0.2, 0) is 13.8 Å². The lowest BCUT2D eigenvalue weighted by Gasteiger charge is -2.17. The molecule has 1 aliphatic rings. The van der Waals surface area contributed by atoms with Crippen molar-refractivity contribution in [2.75, 3.05) is 18.5 Å². The summed E-state index contributed by atoms with van der Waals surface area (Å²) >= 11 is 7.63. The van der Waals surface area contributed by atoms with Crippen LogP contribution in [0.2, 0.25) is 5.15 Å². The Balaban J connectivity index is 1.75. The lowest BCUT2D eigenvalue weighted by atomic mass is 10.4. The average molecular weight is 408 g/mol. The van der Waals surface area contributed by atoms with Gasteiger partial charge in [-0.15, -0.1) is 11.8 Å². The number of imidazole rings is 1. The van der Waals surface area contributed by atoms with Gasteiger partial charge in [0.1, 0.15) is 17.2 Å². The molecule has 3 rings (SSSR count). The van der Waals surface area contributed by atoms with Gasteiger partial charge in [-0.3, -0.25) is 9.13 Å². The van der Waals surface area contributed by atoms with Crippen LogP contribution in [0.25, 0.3) is 11.2 Å². The predicted octanol–water partition coefficient (Wildman–Crippen LogP) is 2.65. The van der Waals surface area contributed by atoms with Gasteiger partial charge in [-0.1, -0.05) is 11.6 Å². The van der Waals surface area contributed by atoms with Crippen LogP contribution in [-0.4, -0.2) is 47.9 Å². The molecule has 138 valence electrons. The third kappa shape index (κ3) is 4.10. The summed E-state index contributed by atoms with van der Waals surface area (Å²) in [6, 6.07) is 0. The number of ether oxygens (including phenoxy) is 1. The zero-order chi connectivity index (χ0) is 18.2. The summed E-state index contributed by atoms with van der Waals surface area (Å²) in [5, 5.41) is 0.275. The molecule has 12 heteroatoms. The van der Waals surface area contributed by atoms with Crippen LogP contribution in [0.1, 0.15) is 26.5 Å². The molecule has 25 heavy (non-hydrogen) atoms. The van der Waals surface area contributed by atoms with E-state index in [1.54, 1.807) is 29.6 Å². The Morgan fingerprint density at radius 1 is 1.56 bits per heavy atom. The molecule has 1 unspecified atom stereocenters. The molecule has 0 saturated carbocycles. The summed E-state index contributed by atoms with van der Waals surface area (Å²) in [5.41, 5.74) is 6.40. The number of nitrogens with two attached hydrogens (primary N) is 1. The molecule has 0 aliphatic carbocycles. The van der Waals surface area contributed by atoms with Gasteiger partial charge < -0.3 is 19.9 Å². The van der Waals surface area contributed by atoms with Gasteiger partial charge in [-0.25, -0.2) is 4.98 Å². The van der Waals surface area contributed by atoms with Crippen LogP contribution in [0.5, 0.6) is 0 Å². The van der Waals surface area contributed by atoms with E-state index in [1.165, 1.54) is 0 Å². The van der Waals surface area contributed by atoms with Crippen LogP contribution in [0.4, 0.5) is 5.95 Å². The maximum atomic E-state index is 11.8. The van der Waals surface area contributed by atoms with Crippen molar-refractivity contribution < 1.29 is 18.7 Å². The Bertz CT molecular complexity index is 821. The smallest absolute Gasteiger partial charge is 0.328 e. The topological polar surface area (TPSA) is 125 Å². The fraction of sp³-hybridized carbons (Fsp3) is 0.615. The van der Waals surface area contributed by atoms with Gasteiger partial charge in [0, 0.05) is 5.25 Å². The molecule has 0 spiro atoms. The van der Waals surface area contributed by atoms with E-state index in [0.29, 0.717) is 17.6 Å². The molecule has 0 radical (unpaired) electrons. The normalized spacial score (nSPS) is 26.2. The number of fused-ring (bicyclic) bond motifs is 1. The highest BCUT2D eigenvalue weighted by Gasteiger charge is 2.36. The van der Waals surface area contributed by atoms with Gasteiger partial charge >= 0.3 is 7.60 Å². The van der Waals surface area contributed by atoms with E-state index >= 15 is 0 Å². The third-order valence-corrected chi connectivity index (χ3v) is 6.77. The Labute approximate surface area is 153 Å². The Kier molecular flexibility index (Phi) is 5.57. The summed E-state index contributed by atoms with van der Waals surface area (Å²) in [4.78, 5) is 22.0. The van der Waals surface area contributed by atoms with Crippen LogP contribution in [0, 0.1) is 0 Å². The fourth-order valence-electron chi connectivity index (χ4n) is 2.65. The highest BCUT2D eigenvalue weighted by molar-refractivity contribution is 8.00. The third-order valence-electron chi connectivity index (χ3n) is 3.71. The second kappa shape index (κ2) is 7.38. The molecule has 0 bridgehead atoms. The zero-order valence-electron chi connectivity index (χ0n) is 13.7. The van der Waals surface area contributed by atoms with Crippen molar-refractivity contribution in [2.45, 2.75) is 37.2 Å². The molecule has 0 amide bonds. The Morgan fingerprint density at radius 2 is 2.32 bits per heavy atom. The second-order valence-corrected chi connectivity index (χ2v) is 9.44. The average Bonchev–Trinajstić information content (AvgIpc) is 3.08. The number of nitrogen functional groups attached to an aromatic ring is 1. The first-order chi connectivity index (χ1) is 11.8. The highest BCUT2D eigenvalue weighted by atomic mass is 35.5. The SMILES string of the molecule is CCOP(=O)(O)CC[C@H]1O[C@@H](n2cnc3c(Cl)nc(N)nc32)[C@@H](C)S1.